The molecule has 2 aliphatic rings. The summed E-state index contributed by atoms with van der Waals surface area (Å²) in [7, 11) is 0. The Morgan fingerprint density at radius 3 is 2.81 bits per heavy atom. The first-order valence-electron chi connectivity index (χ1n) is 9.02. The second-order valence-corrected chi connectivity index (χ2v) is 8.65. The van der Waals surface area contributed by atoms with Crippen molar-refractivity contribution in [2.75, 3.05) is 0 Å². The maximum absolute atomic E-state index is 12.3. The van der Waals surface area contributed by atoms with Crippen LogP contribution in [-0.2, 0) is 0 Å². The fourth-order valence-corrected chi connectivity index (χ4v) is 4.87. The fraction of sp³-hybridized carbons (Fsp3) is 0.350. The summed E-state index contributed by atoms with van der Waals surface area (Å²) >= 11 is 10.2. The van der Waals surface area contributed by atoms with Crippen molar-refractivity contribution in [3.8, 4) is 0 Å². The monoisotopic (exact) mass is 399 g/mol. The Morgan fingerprint density at radius 2 is 2.04 bits per heavy atom. The van der Waals surface area contributed by atoms with Gasteiger partial charge in [-0.25, -0.2) is 4.98 Å². The smallest absolute Gasteiger partial charge is 0.251 e. The summed E-state index contributed by atoms with van der Waals surface area (Å²) in [6, 6.07) is 9.15. The summed E-state index contributed by atoms with van der Waals surface area (Å²) in [6.45, 7) is 0. The summed E-state index contributed by atoms with van der Waals surface area (Å²) in [5, 5.41) is 4.33. The van der Waals surface area contributed by atoms with Crippen molar-refractivity contribution in [2.24, 2.45) is 5.41 Å². The minimum Gasteiger partial charge on any atom is -0.440 e. The highest BCUT2D eigenvalue weighted by Gasteiger charge is 2.54. The van der Waals surface area contributed by atoms with Crippen molar-refractivity contribution >= 4 is 41.2 Å². The van der Waals surface area contributed by atoms with Gasteiger partial charge in [0, 0.05) is 28.7 Å². The molecule has 5 rings (SSSR count). The van der Waals surface area contributed by atoms with E-state index >= 15 is 0 Å². The van der Waals surface area contributed by atoms with Gasteiger partial charge in [0.1, 0.15) is 5.52 Å². The molecule has 2 aromatic heterocycles. The number of pyridine rings is 1. The molecule has 0 bridgehead atoms. The third-order valence-electron chi connectivity index (χ3n) is 5.78. The van der Waals surface area contributed by atoms with Gasteiger partial charge in [-0.05, 0) is 61.4 Å². The highest BCUT2D eigenvalue weighted by Crippen LogP contribution is 2.61. The normalized spacial score (nSPS) is 26.6. The predicted octanol–water partition coefficient (Wildman–Crippen LogP) is 4.62. The average molecular weight is 400 g/mol. The molecule has 0 unspecified atom stereocenters. The average Bonchev–Trinajstić information content (AvgIpc) is 2.98. The van der Waals surface area contributed by atoms with E-state index < -0.39 is 0 Å². The predicted molar refractivity (Wildman–Crippen MR) is 105 cm³/mol. The van der Waals surface area contributed by atoms with Crippen molar-refractivity contribution < 1.29 is 9.21 Å². The number of hydrogen-bond acceptors (Lipinski definition) is 5. The van der Waals surface area contributed by atoms with Gasteiger partial charge in [-0.3, -0.25) is 9.78 Å². The van der Waals surface area contributed by atoms with Gasteiger partial charge < -0.3 is 9.73 Å². The minimum atomic E-state index is -0.0562. The van der Waals surface area contributed by atoms with Gasteiger partial charge in [0.15, 0.2) is 11.5 Å². The molecule has 1 aromatic carbocycles. The van der Waals surface area contributed by atoms with Crippen LogP contribution in [0.3, 0.4) is 0 Å². The molecule has 5 nitrogen and oxygen atoms in total. The molecule has 2 fully saturated rings. The van der Waals surface area contributed by atoms with Crippen molar-refractivity contribution in [3.05, 3.63) is 53.0 Å². The summed E-state index contributed by atoms with van der Waals surface area (Å²) in [4.78, 5) is 20.9. The lowest BCUT2D eigenvalue weighted by atomic mass is 9.50. The van der Waals surface area contributed by atoms with E-state index in [0.717, 1.165) is 42.7 Å². The Kier molecular flexibility index (Phi) is 3.95. The van der Waals surface area contributed by atoms with Gasteiger partial charge in [0.05, 0.1) is 5.03 Å². The number of nitrogens with zero attached hydrogens (tertiary/aromatic N) is 2. The topological polar surface area (TPSA) is 68.0 Å². The highest BCUT2D eigenvalue weighted by atomic mass is 35.5. The Bertz CT molecular complexity index is 1040. The van der Waals surface area contributed by atoms with Crippen molar-refractivity contribution in [1.82, 2.24) is 15.3 Å². The minimum absolute atomic E-state index is 0.0562. The quantitative estimate of drug-likeness (QED) is 0.630. The Morgan fingerprint density at radius 1 is 1.22 bits per heavy atom. The van der Waals surface area contributed by atoms with E-state index in [0.29, 0.717) is 26.9 Å². The van der Waals surface area contributed by atoms with Crippen LogP contribution >= 0.6 is 24.2 Å². The van der Waals surface area contributed by atoms with Gasteiger partial charge in [-0.15, -0.1) is 12.6 Å². The number of fused-ring (bicyclic) bond motifs is 1. The Hall–Kier alpha value is -2.05. The highest BCUT2D eigenvalue weighted by molar-refractivity contribution is 7.80. The van der Waals surface area contributed by atoms with Gasteiger partial charge in [0.25, 0.3) is 5.91 Å². The summed E-state index contributed by atoms with van der Waals surface area (Å²) in [5.74, 6) is 1.11. The van der Waals surface area contributed by atoms with Crippen LogP contribution in [0.5, 0.6) is 0 Å². The van der Waals surface area contributed by atoms with Gasteiger partial charge in [-0.1, -0.05) is 11.6 Å². The largest absolute Gasteiger partial charge is 0.440 e. The first-order chi connectivity index (χ1) is 13.0. The second-order valence-electron chi connectivity index (χ2n) is 7.75. The van der Waals surface area contributed by atoms with Gasteiger partial charge >= 0.3 is 0 Å². The number of oxazole rings is 1. The lowest BCUT2D eigenvalue weighted by molar-refractivity contribution is -0.0253. The van der Waals surface area contributed by atoms with Crippen LogP contribution in [0.4, 0.5) is 0 Å². The summed E-state index contributed by atoms with van der Waals surface area (Å²) in [6.07, 6.45) is 5.76. The zero-order valence-corrected chi connectivity index (χ0v) is 16.1. The Balaban J connectivity index is 1.18. The molecule has 2 heterocycles. The van der Waals surface area contributed by atoms with Crippen molar-refractivity contribution in [2.45, 2.75) is 42.7 Å². The van der Waals surface area contributed by atoms with E-state index in [-0.39, 0.29) is 11.9 Å². The number of halogens is 1. The fourth-order valence-electron chi connectivity index (χ4n) is 4.50. The van der Waals surface area contributed by atoms with E-state index in [1.165, 1.54) is 0 Å². The van der Waals surface area contributed by atoms with Crippen LogP contribution in [0, 0.1) is 5.41 Å². The van der Waals surface area contributed by atoms with Gasteiger partial charge in [-0.2, -0.15) is 0 Å². The van der Waals surface area contributed by atoms with Gasteiger partial charge in [0.2, 0.25) is 0 Å². The number of rotatable bonds is 3. The zero-order valence-electron chi connectivity index (χ0n) is 14.5. The number of amides is 1. The zero-order chi connectivity index (χ0) is 18.6. The number of thiol groups is 1. The van der Waals surface area contributed by atoms with Crippen molar-refractivity contribution in [3.63, 3.8) is 0 Å². The molecule has 0 saturated heterocycles. The Labute approximate surface area is 166 Å². The third-order valence-corrected chi connectivity index (χ3v) is 6.26. The molecular weight excluding hydrogens is 382 g/mol. The number of benzene rings is 1. The van der Waals surface area contributed by atoms with E-state index in [1.54, 1.807) is 18.3 Å². The molecule has 3 aromatic rings. The number of hydrogen-bond donors (Lipinski definition) is 2. The van der Waals surface area contributed by atoms with Crippen LogP contribution in [0.2, 0.25) is 5.02 Å². The summed E-state index contributed by atoms with van der Waals surface area (Å²) < 4.78 is 5.90. The molecule has 1 N–H and O–H groups in total. The molecule has 1 amide bonds. The van der Waals surface area contributed by atoms with Crippen LogP contribution in [0.25, 0.3) is 11.1 Å². The SMILES string of the molecule is O=C(NC1CC2(C1)CC(c1nc3cc(Cl)ccc3o1)C2)c1ccnc(S)c1. The first-order valence-corrected chi connectivity index (χ1v) is 9.84. The molecule has 2 aliphatic carbocycles. The number of aromatic nitrogens is 2. The van der Waals surface area contributed by atoms with E-state index in [4.69, 9.17) is 16.0 Å². The first kappa shape index (κ1) is 17.1. The maximum atomic E-state index is 12.3. The molecule has 0 aliphatic heterocycles. The maximum Gasteiger partial charge on any atom is 0.251 e. The van der Waals surface area contributed by atoms with E-state index in [2.05, 4.69) is 27.9 Å². The van der Waals surface area contributed by atoms with Crippen LogP contribution in [0.1, 0.15) is 47.8 Å². The lowest BCUT2D eigenvalue weighted by Gasteiger charge is -2.57. The van der Waals surface area contributed by atoms with E-state index in [1.807, 2.05) is 18.2 Å². The molecule has 0 radical (unpaired) electrons. The summed E-state index contributed by atoms with van der Waals surface area (Å²) in [5.41, 5.74) is 2.54. The number of carbonyl (C=O) groups excluding carboxylic acids is 1. The van der Waals surface area contributed by atoms with Crippen LogP contribution in [0.15, 0.2) is 46.0 Å². The standard InChI is InChI=1S/C20H18ClN3O2S/c21-13-1-2-16-15(6-13)24-19(26-16)12-7-20(8-12)9-14(10-20)23-18(25)11-3-4-22-17(27)5-11/h1-6,12,14H,7-10H2,(H,22,27)(H,23,25). The second kappa shape index (κ2) is 6.24. The van der Waals surface area contributed by atoms with Crippen molar-refractivity contribution in [1.29, 1.82) is 0 Å². The van der Waals surface area contributed by atoms with E-state index in [9.17, 15) is 4.79 Å². The molecular formula is C20H18ClN3O2S. The van der Waals surface area contributed by atoms with Crippen LogP contribution < -0.4 is 5.32 Å². The molecule has 2 saturated carbocycles. The molecule has 138 valence electrons. The lowest BCUT2D eigenvalue weighted by Crippen LogP contribution is -2.55. The van der Waals surface area contributed by atoms with Crippen LogP contribution in [-0.4, -0.2) is 21.9 Å². The molecule has 1 spiro atoms. The molecule has 0 atom stereocenters. The third kappa shape index (κ3) is 3.11. The number of nitrogens with one attached hydrogen (secondary N) is 1. The number of carbonyl (C=O) groups is 1. The molecule has 7 heteroatoms. The molecule has 27 heavy (non-hydrogen) atoms.